The molecule has 0 aliphatic carbocycles. The minimum Gasteiger partial charge on any atom is -0.378 e. The van der Waals surface area contributed by atoms with Crippen molar-refractivity contribution >= 4 is 17.2 Å². The second-order valence-corrected chi connectivity index (χ2v) is 6.94. The number of pyridine rings is 1. The van der Waals surface area contributed by atoms with Gasteiger partial charge in [-0.3, -0.25) is 4.98 Å². The monoisotopic (exact) mass is 373 g/mol. The summed E-state index contributed by atoms with van der Waals surface area (Å²) in [4.78, 5) is 4.06. The van der Waals surface area contributed by atoms with E-state index in [1.165, 1.54) is 5.56 Å². The van der Waals surface area contributed by atoms with Crippen molar-refractivity contribution in [2.75, 3.05) is 10.6 Å². The normalized spacial score (nSPS) is 11.1. The molecule has 0 unspecified atom stereocenters. The molecule has 7 nitrogen and oxygen atoms in total. The quantitative estimate of drug-likeness (QED) is 0.512. The molecular weight excluding hydrogens is 350 g/mol. The predicted molar refractivity (Wildman–Crippen MR) is 110 cm³/mol. The van der Waals surface area contributed by atoms with Crippen molar-refractivity contribution < 1.29 is 0 Å². The van der Waals surface area contributed by atoms with Crippen LogP contribution in [0, 0.1) is 0 Å². The van der Waals surface area contributed by atoms with Crippen molar-refractivity contribution in [3.63, 3.8) is 0 Å². The van der Waals surface area contributed by atoms with E-state index in [1.54, 1.807) is 12.4 Å². The molecule has 0 atom stereocenters. The number of rotatable bonds is 7. The summed E-state index contributed by atoms with van der Waals surface area (Å²) in [5.41, 5.74) is 3.97. The molecule has 0 bridgehead atoms. The van der Waals surface area contributed by atoms with Crippen LogP contribution in [-0.4, -0.2) is 24.8 Å². The fourth-order valence-corrected chi connectivity index (χ4v) is 2.96. The highest BCUT2D eigenvalue weighted by Crippen LogP contribution is 2.23. The first-order valence-electron chi connectivity index (χ1n) is 9.37. The standard InChI is InChI=1S/C21H23N7/c1-15(2)20-25-26-21-18(23-13-16-6-4-3-5-7-16)12-19(27-28(20)21)24-14-17-8-10-22-11-9-17/h3-12,15,23H,13-14H2,1-2H3,(H,24,27). The molecule has 0 spiro atoms. The first kappa shape index (κ1) is 17.9. The second-order valence-electron chi connectivity index (χ2n) is 6.94. The summed E-state index contributed by atoms with van der Waals surface area (Å²) in [5, 5.41) is 20.3. The summed E-state index contributed by atoms with van der Waals surface area (Å²) < 4.78 is 1.83. The van der Waals surface area contributed by atoms with Crippen LogP contribution in [0.3, 0.4) is 0 Å². The van der Waals surface area contributed by atoms with Crippen molar-refractivity contribution in [2.24, 2.45) is 0 Å². The number of aromatic nitrogens is 5. The molecule has 3 aromatic heterocycles. The van der Waals surface area contributed by atoms with Gasteiger partial charge >= 0.3 is 0 Å². The molecule has 0 saturated heterocycles. The minimum atomic E-state index is 0.222. The van der Waals surface area contributed by atoms with Crippen LogP contribution in [0.2, 0.25) is 0 Å². The lowest BCUT2D eigenvalue weighted by atomic mass is 10.2. The van der Waals surface area contributed by atoms with Crippen LogP contribution < -0.4 is 10.6 Å². The molecule has 2 N–H and O–H groups in total. The molecule has 0 aliphatic heterocycles. The van der Waals surface area contributed by atoms with Crippen molar-refractivity contribution in [1.82, 2.24) is 24.8 Å². The molecule has 0 fully saturated rings. The highest BCUT2D eigenvalue weighted by Gasteiger charge is 2.15. The zero-order chi connectivity index (χ0) is 19.3. The Morgan fingerprint density at radius 1 is 0.893 bits per heavy atom. The Balaban J connectivity index is 1.64. The third-order valence-electron chi connectivity index (χ3n) is 4.46. The first-order valence-corrected chi connectivity index (χ1v) is 9.37. The average Bonchev–Trinajstić information content (AvgIpc) is 3.16. The highest BCUT2D eigenvalue weighted by atomic mass is 15.4. The number of fused-ring (bicyclic) bond motifs is 1. The molecule has 0 radical (unpaired) electrons. The van der Waals surface area contributed by atoms with E-state index in [2.05, 4.69) is 51.8 Å². The van der Waals surface area contributed by atoms with Gasteiger partial charge in [-0.25, -0.2) is 0 Å². The SMILES string of the molecule is CC(C)c1nnc2c(NCc3ccccc3)cc(NCc3ccncc3)nn12. The van der Waals surface area contributed by atoms with Crippen molar-refractivity contribution in [1.29, 1.82) is 0 Å². The fourth-order valence-electron chi connectivity index (χ4n) is 2.96. The third kappa shape index (κ3) is 3.93. The van der Waals surface area contributed by atoms with E-state index >= 15 is 0 Å². The van der Waals surface area contributed by atoms with Gasteiger partial charge in [-0.2, -0.15) is 4.52 Å². The average molecular weight is 373 g/mol. The molecule has 0 amide bonds. The zero-order valence-corrected chi connectivity index (χ0v) is 16.0. The lowest BCUT2D eigenvalue weighted by molar-refractivity contribution is 0.721. The van der Waals surface area contributed by atoms with Gasteiger partial charge in [-0.15, -0.1) is 15.3 Å². The second kappa shape index (κ2) is 8.04. The number of benzene rings is 1. The summed E-state index contributed by atoms with van der Waals surface area (Å²) in [6, 6.07) is 16.2. The Bertz CT molecular complexity index is 1040. The molecule has 3 heterocycles. The molecule has 142 valence electrons. The molecule has 1 aromatic carbocycles. The van der Waals surface area contributed by atoms with Crippen LogP contribution in [0.25, 0.3) is 5.65 Å². The maximum Gasteiger partial charge on any atom is 0.201 e. The molecule has 0 aliphatic rings. The van der Waals surface area contributed by atoms with E-state index in [4.69, 9.17) is 5.10 Å². The van der Waals surface area contributed by atoms with E-state index in [9.17, 15) is 0 Å². The molecular formula is C21H23N7. The van der Waals surface area contributed by atoms with Crippen molar-refractivity contribution in [2.45, 2.75) is 32.9 Å². The van der Waals surface area contributed by atoms with Gasteiger partial charge in [0.15, 0.2) is 5.82 Å². The minimum absolute atomic E-state index is 0.222. The Morgan fingerprint density at radius 2 is 1.61 bits per heavy atom. The smallest absolute Gasteiger partial charge is 0.201 e. The topological polar surface area (TPSA) is 80.0 Å². The first-order chi connectivity index (χ1) is 13.7. The van der Waals surface area contributed by atoms with E-state index in [-0.39, 0.29) is 5.92 Å². The summed E-state index contributed by atoms with van der Waals surface area (Å²) in [5.74, 6) is 1.83. The van der Waals surface area contributed by atoms with Gasteiger partial charge in [0.1, 0.15) is 5.82 Å². The van der Waals surface area contributed by atoms with Crippen LogP contribution in [0.4, 0.5) is 11.5 Å². The summed E-state index contributed by atoms with van der Waals surface area (Å²) in [7, 11) is 0. The van der Waals surface area contributed by atoms with Gasteiger partial charge in [-0.1, -0.05) is 44.2 Å². The van der Waals surface area contributed by atoms with Gasteiger partial charge in [0.2, 0.25) is 5.65 Å². The fraction of sp³-hybridized carbons (Fsp3) is 0.238. The Labute approximate surface area is 163 Å². The summed E-state index contributed by atoms with van der Waals surface area (Å²) in [6.07, 6.45) is 3.58. The van der Waals surface area contributed by atoms with Crippen LogP contribution in [0.15, 0.2) is 60.9 Å². The van der Waals surface area contributed by atoms with E-state index in [0.29, 0.717) is 13.1 Å². The van der Waals surface area contributed by atoms with Crippen LogP contribution in [-0.2, 0) is 13.1 Å². The van der Waals surface area contributed by atoms with Gasteiger partial charge in [0.25, 0.3) is 0 Å². The molecule has 4 rings (SSSR count). The molecule has 0 saturated carbocycles. The Kier molecular flexibility index (Phi) is 5.14. The maximum absolute atomic E-state index is 4.71. The van der Waals surface area contributed by atoms with Crippen molar-refractivity contribution in [3.05, 3.63) is 77.9 Å². The number of nitrogens with zero attached hydrogens (tertiary/aromatic N) is 5. The van der Waals surface area contributed by atoms with Crippen LogP contribution in [0.1, 0.15) is 36.7 Å². The zero-order valence-electron chi connectivity index (χ0n) is 16.0. The number of anilines is 2. The van der Waals surface area contributed by atoms with Crippen LogP contribution >= 0.6 is 0 Å². The van der Waals surface area contributed by atoms with Gasteiger partial charge in [0.05, 0.1) is 5.69 Å². The van der Waals surface area contributed by atoms with E-state index < -0.39 is 0 Å². The lowest BCUT2D eigenvalue weighted by Gasteiger charge is -2.12. The number of nitrogens with one attached hydrogen (secondary N) is 2. The molecule has 7 heteroatoms. The third-order valence-corrected chi connectivity index (χ3v) is 4.46. The van der Waals surface area contributed by atoms with E-state index in [0.717, 1.165) is 28.5 Å². The van der Waals surface area contributed by atoms with Gasteiger partial charge in [-0.05, 0) is 23.3 Å². The summed E-state index contributed by atoms with van der Waals surface area (Å²) >= 11 is 0. The molecule has 4 aromatic rings. The lowest BCUT2D eigenvalue weighted by Crippen LogP contribution is -2.09. The maximum atomic E-state index is 4.71. The predicted octanol–water partition coefficient (Wildman–Crippen LogP) is 3.87. The number of hydrogen-bond acceptors (Lipinski definition) is 6. The van der Waals surface area contributed by atoms with E-state index in [1.807, 2.05) is 40.9 Å². The Morgan fingerprint density at radius 3 is 2.36 bits per heavy atom. The number of hydrogen-bond donors (Lipinski definition) is 2. The summed E-state index contributed by atoms with van der Waals surface area (Å²) in [6.45, 7) is 5.55. The van der Waals surface area contributed by atoms with Gasteiger partial charge in [0, 0.05) is 37.5 Å². The van der Waals surface area contributed by atoms with Crippen molar-refractivity contribution in [3.8, 4) is 0 Å². The van der Waals surface area contributed by atoms with Crippen LogP contribution in [0.5, 0.6) is 0 Å². The molecule has 28 heavy (non-hydrogen) atoms. The largest absolute Gasteiger partial charge is 0.378 e. The highest BCUT2D eigenvalue weighted by molar-refractivity contribution is 5.70. The van der Waals surface area contributed by atoms with Gasteiger partial charge < -0.3 is 10.6 Å². The Hall–Kier alpha value is -3.48.